The van der Waals surface area contributed by atoms with Gasteiger partial charge in [0, 0.05) is 30.2 Å². The van der Waals surface area contributed by atoms with Crippen LogP contribution in [0.1, 0.15) is 23.0 Å². The molecule has 2 aliphatic rings. The smallest absolute Gasteiger partial charge is 0.294 e. The van der Waals surface area contributed by atoms with Crippen molar-refractivity contribution >= 4 is 34.4 Å². The summed E-state index contributed by atoms with van der Waals surface area (Å²) in [7, 11) is 1.41. The van der Waals surface area contributed by atoms with Crippen LogP contribution >= 0.6 is 11.6 Å². The van der Waals surface area contributed by atoms with Gasteiger partial charge in [-0.2, -0.15) is 0 Å². The number of hydrogen-bond donors (Lipinski definition) is 3. The maximum Gasteiger partial charge on any atom is 0.294 e. The number of carbonyl (C=O) groups is 2. The number of methoxy groups -OCH3 is 1. The van der Waals surface area contributed by atoms with Crippen molar-refractivity contribution in [3.05, 3.63) is 58.6 Å². The maximum atomic E-state index is 14.5. The Kier molecular flexibility index (Phi) is 6.95. The normalized spacial score (nSPS) is 20.5. The van der Waals surface area contributed by atoms with E-state index in [4.69, 9.17) is 25.5 Å². The van der Waals surface area contributed by atoms with Gasteiger partial charge in [0.15, 0.2) is 5.75 Å². The Balaban J connectivity index is 1.48. The van der Waals surface area contributed by atoms with Crippen molar-refractivity contribution in [2.45, 2.75) is 31.3 Å². The number of fused-ring (bicyclic) bond motifs is 3. The van der Waals surface area contributed by atoms with Crippen molar-refractivity contribution in [2.75, 3.05) is 33.4 Å². The van der Waals surface area contributed by atoms with E-state index in [9.17, 15) is 24.2 Å². The standard InChI is InChI=1S/C26H27ClFN3O7/c1-26(25(35)29-9-17-18(28)4-3-5-19(17)36-2)13-37-22-16-8-14(27)6-7-20(16)38-23(22)24(34)31(26)12-21(33)30-10-15(32)11-30/h3-8,15,25,29,32,35H,9-13H2,1-2H3/t25?,26-/m1/s1. The van der Waals surface area contributed by atoms with Crippen LogP contribution in [0.15, 0.2) is 40.8 Å². The van der Waals surface area contributed by atoms with Gasteiger partial charge in [-0.15, -0.1) is 0 Å². The lowest BCUT2D eigenvalue weighted by molar-refractivity contribution is -0.145. The largest absolute Gasteiger partial charge is 0.496 e. The number of halogens is 2. The highest BCUT2D eigenvalue weighted by molar-refractivity contribution is 6.31. The Morgan fingerprint density at radius 3 is 2.82 bits per heavy atom. The average Bonchev–Trinajstić information content (AvgIpc) is 3.19. The third-order valence-electron chi connectivity index (χ3n) is 7.03. The predicted molar refractivity (Wildman–Crippen MR) is 135 cm³/mol. The number of rotatable bonds is 7. The second kappa shape index (κ2) is 10.1. The van der Waals surface area contributed by atoms with Gasteiger partial charge in [0.1, 0.15) is 42.1 Å². The number of likely N-dealkylation sites (tertiary alicyclic amines) is 1. The fourth-order valence-electron chi connectivity index (χ4n) is 4.68. The number of amides is 2. The summed E-state index contributed by atoms with van der Waals surface area (Å²) in [5.74, 6) is -1.32. The highest BCUT2D eigenvalue weighted by atomic mass is 35.5. The van der Waals surface area contributed by atoms with E-state index >= 15 is 0 Å². The predicted octanol–water partition coefficient (Wildman–Crippen LogP) is 2.14. The summed E-state index contributed by atoms with van der Waals surface area (Å²) in [5, 5.41) is 24.7. The molecule has 0 radical (unpaired) electrons. The third-order valence-corrected chi connectivity index (χ3v) is 7.27. The van der Waals surface area contributed by atoms with Crippen LogP contribution in [0, 0.1) is 5.82 Å². The molecule has 2 amide bonds. The molecule has 5 rings (SSSR count). The summed E-state index contributed by atoms with van der Waals surface area (Å²) in [6.45, 7) is 1.08. The van der Waals surface area contributed by atoms with E-state index in [0.29, 0.717) is 16.0 Å². The molecule has 2 aromatic carbocycles. The number of aliphatic hydroxyl groups excluding tert-OH is 2. The zero-order chi connectivity index (χ0) is 27.2. The lowest BCUT2D eigenvalue weighted by Gasteiger charge is -2.44. The summed E-state index contributed by atoms with van der Waals surface area (Å²) < 4.78 is 31.6. The zero-order valence-corrected chi connectivity index (χ0v) is 21.5. The first-order valence-electron chi connectivity index (χ1n) is 12.0. The first-order chi connectivity index (χ1) is 18.1. The van der Waals surface area contributed by atoms with E-state index < -0.39 is 42.0 Å². The van der Waals surface area contributed by atoms with Crippen molar-refractivity contribution in [1.82, 2.24) is 15.1 Å². The van der Waals surface area contributed by atoms with Crippen LogP contribution in [0.2, 0.25) is 5.02 Å². The summed E-state index contributed by atoms with van der Waals surface area (Å²) in [5.41, 5.74) is -0.941. The second-order valence-electron chi connectivity index (χ2n) is 9.59. The van der Waals surface area contributed by atoms with E-state index in [0.717, 1.165) is 0 Å². The average molecular weight is 548 g/mol. The number of benzene rings is 2. The molecule has 1 aromatic heterocycles. The van der Waals surface area contributed by atoms with Crippen LogP contribution in [-0.2, 0) is 11.3 Å². The molecule has 10 nitrogen and oxygen atoms in total. The minimum atomic E-state index is -1.50. The van der Waals surface area contributed by atoms with Gasteiger partial charge in [0.05, 0.1) is 18.6 Å². The van der Waals surface area contributed by atoms with Crippen LogP contribution in [-0.4, -0.2) is 83.0 Å². The summed E-state index contributed by atoms with van der Waals surface area (Å²) >= 11 is 6.15. The molecule has 12 heteroatoms. The quantitative estimate of drug-likeness (QED) is 0.384. The Morgan fingerprint density at radius 1 is 1.34 bits per heavy atom. The molecule has 38 heavy (non-hydrogen) atoms. The highest BCUT2D eigenvalue weighted by Gasteiger charge is 2.49. The number of hydrogen-bond acceptors (Lipinski definition) is 8. The maximum absolute atomic E-state index is 14.5. The number of nitrogens with one attached hydrogen (secondary N) is 1. The summed E-state index contributed by atoms with van der Waals surface area (Å²) in [4.78, 5) is 29.5. The van der Waals surface area contributed by atoms with Crippen LogP contribution in [0.4, 0.5) is 4.39 Å². The lowest BCUT2D eigenvalue weighted by atomic mass is 9.97. The van der Waals surface area contributed by atoms with Gasteiger partial charge in [0.2, 0.25) is 11.7 Å². The molecule has 1 unspecified atom stereocenters. The SMILES string of the molecule is COc1cccc(F)c1CNC(O)[C@@]1(C)COc2c(oc3ccc(Cl)cc23)C(=O)N1CC(=O)N1CC(O)C1. The van der Waals surface area contributed by atoms with Gasteiger partial charge >= 0.3 is 0 Å². The number of aliphatic hydroxyl groups is 2. The van der Waals surface area contributed by atoms with Crippen LogP contribution in [0.5, 0.6) is 11.5 Å². The lowest BCUT2D eigenvalue weighted by Crippen LogP contribution is -2.66. The fourth-order valence-corrected chi connectivity index (χ4v) is 4.85. The molecular formula is C26H27ClFN3O7. The molecule has 202 valence electrons. The van der Waals surface area contributed by atoms with Gasteiger partial charge in [-0.3, -0.25) is 14.9 Å². The fraction of sp³-hybridized carbons (Fsp3) is 0.385. The van der Waals surface area contributed by atoms with Crippen LogP contribution < -0.4 is 14.8 Å². The Labute approximate surface area is 222 Å². The topological polar surface area (TPSA) is 125 Å². The molecule has 1 fully saturated rings. The molecule has 0 spiro atoms. The molecule has 3 heterocycles. The monoisotopic (exact) mass is 547 g/mol. The Hall–Kier alpha value is -3.38. The van der Waals surface area contributed by atoms with Crippen LogP contribution in [0.25, 0.3) is 11.0 Å². The van der Waals surface area contributed by atoms with Gasteiger partial charge in [-0.1, -0.05) is 17.7 Å². The van der Waals surface area contributed by atoms with E-state index in [1.165, 1.54) is 29.0 Å². The Morgan fingerprint density at radius 2 is 2.11 bits per heavy atom. The van der Waals surface area contributed by atoms with Crippen molar-refractivity contribution in [2.24, 2.45) is 0 Å². The molecule has 0 bridgehead atoms. The Bertz CT molecular complexity index is 1390. The molecule has 0 saturated carbocycles. The van der Waals surface area contributed by atoms with E-state index in [-0.39, 0.29) is 49.1 Å². The first-order valence-corrected chi connectivity index (χ1v) is 12.4. The molecule has 0 aliphatic carbocycles. The van der Waals surface area contributed by atoms with Gasteiger partial charge < -0.3 is 33.9 Å². The summed E-state index contributed by atoms with van der Waals surface area (Å²) in [6.07, 6.45) is -2.09. The summed E-state index contributed by atoms with van der Waals surface area (Å²) in [6, 6.07) is 9.19. The molecule has 2 aliphatic heterocycles. The first kappa shape index (κ1) is 26.2. The number of ether oxygens (including phenoxy) is 2. The molecule has 1 saturated heterocycles. The van der Waals surface area contributed by atoms with Gasteiger partial charge in [0.25, 0.3) is 5.91 Å². The second-order valence-corrected chi connectivity index (χ2v) is 10.0. The minimum Gasteiger partial charge on any atom is -0.496 e. The molecule has 3 N–H and O–H groups in total. The van der Waals surface area contributed by atoms with Crippen LogP contribution in [0.3, 0.4) is 0 Å². The van der Waals surface area contributed by atoms with Gasteiger partial charge in [-0.25, -0.2) is 4.39 Å². The zero-order valence-electron chi connectivity index (χ0n) is 20.7. The number of carbonyl (C=O) groups excluding carboxylic acids is 2. The van der Waals surface area contributed by atoms with Crippen molar-refractivity contribution in [3.63, 3.8) is 0 Å². The minimum absolute atomic E-state index is 0.134. The highest BCUT2D eigenvalue weighted by Crippen LogP contribution is 2.40. The van der Waals surface area contributed by atoms with E-state index in [1.54, 1.807) is 31.2 Å². The number of furan rings is 1. The number of nitrogens with zero attached hydrogens (tertiary/aromatic N) is 2. The molecule has 3 aromatic rings. The van der Waals surface area contributed by atoms with Crippen molar-refractivity contribution in [1.29, 1.82) is 0 Å². The third kappa shape index (κ3) is 4.55. The van der Waals surface area contributed by atoms with E-state index in [1.807, 2.05) is 0 Å². The molecular weight excluding hydrogens is 521 g/mol. The van der Waals surface area contributed by atoms with Crippen molar-refractivity contribution < 1.29 is 38.1 Å². The molecule has 2 atom stereocenters. The number of β-amino-alcohol motifs (C(OH)–C–C–N with tert-alkyl or cyclic N) is 1. The van der Waals surface area contributed by atoms with E-state index in [2.05, 4.69) is 5.32 Å². The van der Waals surface area contributed by atoms with Crippen molar-refractivity contribution in [3.8, 4) is 11.5 Å². The van der Waals surface area contributed by atoms with Gasteiger partial charge in [-0.05, 0) is 37.3 Å².